The van der Waals surface area contributed by atoms with Crippen molar-refractivity contribution in [3.8, 4) is 11.5 Å². The number of ether oxygens (including phenoxy) is 1. The number of rotatable bonds is 9. The smallest absolute Gasteiger partial charge is 0.360 e. The van der Waals surface area contributed by atoms with E-state index < -0.39 is 5.97 Å². The van der Waals surface area contributed by atoms with Crippen LogP contribution >= 0.6 is 23.1 Å². The van der Waals surface area contributed by atoms with Gasteiger partial charge in [0.1, 0.15) is 11.5 Å². The van der Waals surface area contributed by atoms with Crippen LogP contribution < -0.4 is 5.32 Å². The Morgan fingerprint density at radius 3 is 2.83 bits per heavy atom. The lowest BCUT2D eigenvalue weighted by Crippen LogP contribution is -2.07. The molecule has 0 fully saturated rings. The van der Waals surface area contributed by atoms with Crippen LogP contribution in [-0.4, -0.2) is 27.8 Å². The molecule has 0 aliphatic heterocycles. The van der Waals surface area contributed by atoms with Crippen molar-refractivity contribution >= 4 is 34.2 Å². The molecule has 0 spiro atoms. The molecule has 0 bridgehead atoms. The first-order chi connectivity index (χ1) is 14.7. The molecule has 8 nitrogen and oxygen atoms in total. The van der Waals surface area contributed by atoms with E-state index in [1.165, 1.54) is 23.1 Å². The van der Waals surface area contributed by atoms with Gasteiger partial charge < -0.3 is 18.9 Å². The standard InChI is InChI=1S/C20H18N4O4S2/c1-2-26-18(25)16-15(28-17(22-16)13-7-4-3-5-8-13)12-29-20-24-23-19(30-20)21-11-14-9-6-10-27-14/h3-10H,2,11-12H2,1H3,(H,21,23). The lowest BCUT2D eigenvalue weighted by atomic mass is 10.2. The summed E-state index contributed by atoms with van der Waals surface area (Å²) < 4.78 is 17.0. The number of hydrogen-bond acceptors (Lipinski definition) is 10. The quantitative estimate of drug-likeness (QED) is 0.287. The van der Waals surface area contributed by atoms with E-state index in [9.17, 15) is 4.79 Å². The molecule has 10 heteroatoms. The van der Waals surface area contributed by atoms with Crippen LogP contribution in [0.5, 0.6) is 0 Å². The molecule has 3 heterocycles. The van der Waals surface area contributed by atoms with Crippen molar-refractivity contribution in [3.05, 3.63) is 65.9 Å². The largest absolute Gasteiger partial charge is 0.467 e. The summed E-state index contributed by atoms with van der Waals surface area (Å²) in [6.07, 6.45) is 1.63. The van der Waals surface area contributed by atoms with Gasteiger partial charge in [-0.05, 0) is 31.2 Å². The summed E-state index contributed by atoms with van der Waals surface area (Å²) in [4.78, 5) is 16.7. The molecule has 4 rings (SSSR count). The minimum atomic E-state index is -0.503. The topological polar surface area (TPSA) is 103 Å². The number of furan rings is 1. The molecule has 0 atom stereocenters. The van der Waals surface area contributed by atoms with E-state index in [1.54, 1.807) is 13.2 Å². The van der Waals surface area contributed by atoms with E-state index in [-0.39, 0.29) is 12.3 Å². The number of carbonyl (C=O) groups is 1. The maximum Gasteiger partial charge on any atom is 0.360 e. The number of carbonyl (C=O) groups excluding carboxylic acids is 1. The Balaban J connectivity index is 1.45. The third-order valence-corrected chi connectivity index (χ3v) is 5.93. The van der Waals surface area contributed by atoms with Gasteiger partial charge in [0.15, 0.2) is 10.0 Å². The molecule has 1 aromatic carbocycles. The molecule has 30 heavy (non-hydrogen) atoms. The SMILES string of the molecule is CCOC(=O)c1nc(-c2ccccc2)oc1CSc1nnc(NCc2ccco2)s1. The number of esters is 1. The minimum Gasteiger partial charge on any atom is -0.467 e. The van der Waals surface area contributed by atoms with Gasteiger partial charge in [0.05, 0.1) is 25.2 Å². The molecular weight excluding hydrogens is 424 g/mol. The zero-order chi connectivity index (χ0) is 20.8. The van der Waals surface area contributed by atoms with Crippen molar-refractivity contribution in [1.82, 2.24) is 15.2 Å². The molecule has 0 saturated heterocycles. The summed E-state index contributed by atoms with van der Waals surface area (Å²) >= 11 is 2.83. The summed E-state index contributed by atoms with van der Waals surface area (Å²) in [5, 5.41) is 12.1. The van der Waals surface area contributed by atoms with Crippen LogP contribution in [0, 0.1) is 0 Å². The van der Waals surface area contributed by atoms with Gasteiger partial charge in [-0.3, -0.25) is 0 Å². The van der Waals surface area contributed by atoms with E-state index in [0.717, 1.165) is 15.7 Å². The van der Waals surface area contributed by atoms with E-state index >= 15 is 0 Å². The third-order valence-electron chi connectivity index (χ3n) is 3.91. The summed E-state index contributed by atoms with van der Waals surface area (Å²) in [5.74, 6) is 1.51. The Bertz CT molecular complexity index is 1090. The minimum absolute atomic E-state index is 0.184. The highest BCUT2D eigenvalue weighted by molar-refractivity contribution is 8.00. The van der Waals surface area contributed by atoms with E-state index in [0.29, 0.717) is 29.1 Å². The highest BCUT2D eigenvalue weighted by atomic mass is 32.2. The number of benzene rings is 1. The maximum absolute atomic E-state index is 12.3. The number of aromatic nitrogens is 3. The van der Waals surface area contributed by atoms with Crippen LogP contribution in [0.25, 0.3) is 11.5 Å². The maximum atomic E-state index is 12.3. The van der Waals surface area contributed by atoms with Gasteiger partial charge in [-0.1, -0.05) is 41.3 Å². The molecule has 0 amide bonds. The predicted octanol–water partition coefficient (Wildman–Crippen LogP) is 4.87. The fourth-order valence-electron chi connectivity index (χ4n) is 2.56. The molecule has 1 N–H and O–H groups in total. The number of hydrogen-bond donors (Lipinski definition) is 1. The number of nitrogens with one attached hydrogen (secondary N) is 1. The van der Waals surface area contributed by atoms with Gasteiger partial charge in [-0.25, -0.2) is 9.78 Å². The molecule has 0 radical (unpaired) electrons. The monoisotopic (exact) mass is 442 g/mol. The second-order valence-electron chi connectivity index (χ2n) is 5.97. The first kappa shape index (κ1) is 20.2. The highest BCUT2D eigenvalue weighted by Gasteiger charge is 2.22. The molecule has 0 aliphatic rings. The molecule has 3 aromatic heterocycles. The first-order valence-corrected chi connectivity index (χ1v) is 11.0. The van der Waals surface area contributed by atoms with Gasteiger partial charge in [-0.2, -0.15) is 0 Å². The van der Waals surface area contributed by atoms with Crippen molar-refractivity contribution in [2.24, 2.45) is 0 Å². The number of oxazole rings is 1. The van der Waals surface area contributed by atoms with E-state index in [1.807, 2.05) is 42.5 Å². The van der Waals surface area contributed by atoms with Crippen LogP contribution in [0.15, 0.2) is 61.9 Å². The molecule has 4 aromatic rings. The molecule has 0 unspecified atom stereocenters. The fourth-order valence-corrected chi connectivity index (χ4v) is 4.23. The fraction of sp³-hybridized carbons (Fsp3) is 0.200. The van der Waals surface area contributed by atoms with E-state index in [4.69, 9.17) is 13.6 Å². The van der Waals surface area contributed by atoms with Crippen molar-refractivity contribution < 1.29 is 18.4 Å². The highest BCUT2D eigenvalue weighted by Crippen LogP contribution is 2.31. The number of anilines is 1. The van der Waals surface area contributed by atoms with Gasteiger partial charge in [-0.15, -0.1) is 10.2 Å². The van der Waals surface area contributed by atoms with Gasteiger partial charge in [0.2, 0.25) is 11.0 Å². The van der Waals surface area contributed by atoms with Crippen molar-refractivity contribution in [2.45, 2.75) is 23.6 Å². The Labute approximate surface area is 180 Å². The summed E-state index contributed by atoms with van der Waals surface area (Å²) in [6.45, 7) is 2.55. The molecular formula is C20H18N4O4S2. The third kappa shape index (κ3) is 4.89. The van der Waals surface area contributed by atoms with Crippen LogP contribution in [-0.2, 0) is 17.0 Å². The second-order valence-corrected chi connectivity index (χ2v) is 8.17. The Hall–Kier alpha value is -3.11. The Morgan fingerprint density at radius 2 is 2.07 bits per heavy atom. The second kappa shape index (κ2) is 9.59. The number of thioether (sulfide) groups is 1. The lowest BCUT2D eigenvalue weighted by Gasteiger charge is -1.99. The lowest BCUT2D eigenvalue weighted by molar-refractivity contribution is 0.0518. The average Bonchev–Trinajstić information content (AvgIpc) is 3.52. The average molecular weight is 443 g/mol. The molecule has 0 aliphatic carbocycles. The van der Waals surface area contributed by atoms with E-state index in [2.05, 4.69) is 20.5 Å². The summed E-state index contributed by atoms with van der Waals surface area (Å²) in [7, 11) is 0. The van der Waals surface area contributed by atoms with Crippen molar-refractivity contribution in [2.75, 3.05) is 11.9 Å². The summed E-state index contributed by atoms with van der Waals surface area (Å²) in [6, 6.07) is 13.1. The first-order valence-electron chi connectivity index (χ1n) is 9.17. The number of nitrogens with zero attached hydrogens (tertiary/aromatic N) is 3. The zero-order valence-corrected chi connectivity index (χ0v) is 17.7. The Morgan fingerprint density at radius 1 is 1.20 bits per heavy atom. The van der Waals surface area contributed by atoms with Crippen molar-refractivity contribution in [1.29, 1.82) is 0 Å². The summed E-state index contributed by atoms with van der Waals surface area (Å²) in [5.41, 5.74) is 0.975. The van der Waals surface area contributed by atoms with Crippen molar-refractivity contribution in [3.63, 3.8) is 0 Å². The van der Waals surface area contributed by atoms with Gasteiger partial charge >= 0.3 is 5.97 Å². The predicted molar refractivity (Wildman–Crippen MR) is 113 cm³/mol. The van der Waals surface area contributed by atoms with Crippen LogP contribution in [0.3, 0.4) is 0 Å². The Kier molecular flexibility index (Phi) is 6.45. The normalized spacial score (nSPS) is 10.8. The van der Waals surface area contributed by atoms with Crippen LogP contribution in [0.2, 0.25) is 0 Å². The van der Waals surface area contributed by atoms with Crippen LogP contribution in [0.1, 0.15) is 28.9 Å². The molecule has 154 valence electrons. The molecule has 0 saturated carbocycles. The van der Waals surface area contributed by atoms with Gasteiger partial charge in [0.25, 0.3) is 0 Å². The zero-order valence-electron chi connectivity index (χ0n) is 16.0. The van der Waals surface area contributed by atoms with Crippen LogP contribution in [0.4, 0.5) is 5.13 Å². The van der Waals surface area contributed by atoms with Gasteiger partial charge in [0, 0.05) is 5.56 Å².